The molecule has 0 radical (unpaired) electrons. The van der Waals surface area contributed by atoms with E-state index in [9.17, 15) is 0 Å². The van der Waals surface area contributed by atoms with Crippen LogP contribution in [-0.2, 0) is 0 Å². The van der Waals surface area contributed by atoms with Gasteiger partial charge >= 0.3 is 100 Å². The molecular weight excluding hydrogens is 788 g/mol. The van der Waals surface area contributed by atoms with Gasteiger partial charge in [-0.15, -0.1) is 0 Å². The molecule has 0 saturated carbocycles. The van der Waals surface area contributed by atoms with Crippen LogP contribution in [0.2, 0.25) is 0 Å². The normalized spacial score (nSPS) is 8.00. The first-order chi connectivity index (χ1) is 3.13. The van der Waals surface area contributed by atoms with Gasteiger partial charge in [0.25, 0.3) is 0 Å². The molecular formula is As2Te5. The summed E-state index contributed by atoms with van der Waals surface area (Å²) >= 11 is 10.4. The molecule has 0 aromatic rings. The number of rotatable bonds is 2. The summed E-state index contributed by atoms with van der Waals surface area (Å²) in [6.07, 6.45) is 0. The third-order valence-corrected chi connectivity index (χ3v) is 162. The van der Waals surface area contributed by atoms with Crippen LogP contribution in [0.4, 0.5) is 0 Å². The molecule has 0 aromatic heterocycles. The van der Waals surface area contributed by atoms with Crippen molar-refractivity contribution >= 4 is 100 Å². The van der Waals surface area contributed by atoms with Crippen molar-refractivity contribution in [2.75, 3.05) is 0 Å². The molecule has 0 aromatic carbocycles. The van der Waals surface area contributed by atoms with E-state index in [0.717, 1.165) is 0 Å². The van der Waals surface area contributed by atoms with Gasteiger partial charge in [0.15, 0.2) is 0 Å². The maximum atomic E-state index is 2.45. The van der Waals surface area contributed by atoms with Gasteiger partial charge in [-0.3, -0.25) is 0 Å². The molecule has 0 aliphatic rings. The summed E-state index contributed by atoms with van der Waals surface area (Å²) < 4.78 is -0.127. The molecule has 0 unspecified atom stereocenters. The zero-order valence-electron chi connectivity index (χ0n) is 2.94. The van der Waals surface area contributed by atoms with Gasteiger partial charge in [0.2, 0.25) is 0 Å². The Hall–Kier alpha value is 5.06. The van der Waals surface area contributed by atoms with Crippen molar-refractivity contribution in [2.45, 2.75) is 0 Å². The van der Waals surface area contributed by atoms with Crippen LogP contribution in [0.1, 0.15) is 0 Å². The standard InChI is InChI=1S/As2Te5/c3-1(4)7-2(5)6. The first kappa shape index (κ1) is 12.1. The van der Waals surface area contributed by atoms with Crippen LogP contribution in [0.5, 0.6) is 0 Å². The van der Waals surface area contributed by atoms with Gasteiger partial charge < -0.3 is 0 Å². The van der Waals surface area contributed by atoms with E-state index in [2.05, 4.69) is 77.0 Å². The minimum absolute atomic E-state index is 0.0637. The van der Waals surface area contributed by atoms with Crippen LogP contribution in [0, 0.1) is 0 Å². The molecule has 0 fully saturated rings. The number of hydrogen-bond acceptors (Lipinski definition) is 0. The SMILES string of the molecule is [Te]=[As](=[Te])[Te][As](=[Te])=[Te]. The monoisotopic (exact) mass is 799 g/mol. The van der Waals surface area contributed by atoms with E-state index < -0.39 is 0 Å². The molecule has 40 valence electrons. The molecule has 0 amide bonds. The van der Waals surface area contributed by atoms with E-state index in [1.54, 1.807) is 0 Å². The van der Waals surface area contributed by atoms with Gasteiger partial charge in [0.05, 0.1) is 0 Å². The minimum atomic E-state index is -0.0637. The van der Waals surface area contributed by atoms with Crippen molar-refractivity contribution in [3.8, 4) is 0 Å². The molecule has 0 nitrogen and oxygen atoms in total. The summed E-state index contributed by atoms with van der Waals surface area (Å²) in [7, 11) is 0. The molecule has 0 heterocycles. The zero-order valence-corrected chi connectivity index (χ0v) is 18.3. The van der Waals surface area contributed by atoms with Crippen molar-refractivity contribution in [1.82, 2.24) is 0 Å². The quantitative estimate of drug-likeness (QED) is 0.269. The Kier molecular flexibility index (Phi) is 13.3. The Morgan fingerprint density at radius 2 is 1.14 bits per heavy atom. The van der Waals surface area contributed by atoms with Crippen LogP contribution in [0.25, 0.3) is 0 Å². The maximum absolute atomic E-state index is 2.45. The Balaban J connectivity index is 3.77. The first-order valence-electron chi connectivity index (χ1n) is 1.10. The summed E-state index contributed by atoms with van der Waals surface area (Å²) in [5.41, 5.74) is 0. The van der Waals surface area contributed by atoms with E-state index in [1.807, 2.05) is 0 Å². The van der Waals surface area contributed by atoms with E-state index in [1.165, 1.54) is 0 Å². The summed E-state index contributed by atoms with van der Waals surface area (Å²) in [6.45, 7) is 0. The van der Waals surface area contributed by atoms with E-state index in [4.69, 9.17) is 0 Å². The Morgan fingerprint density at radius 3 is 1.14 bits per heavy atom. The fourth-order valence-corrected chi connectivity index (χ4v) is 444. The van der Waals surface area contributed by atoms with Crippen molar-refractivity contribution in [2.24, 2.45) is 0 Å². The third-order valence-electron chi connectivity index (χ3n) is 0.133. The summed E-state index contributed by atoms with van der Waals surface area (Å²) in [5.74, 6) is 0. The fourth-order valence-electron chi connectivity index (χ4n) is 0.0544. The summed E-state index contributed by atoms with van der Waals surface area (Å²) in [5, 5.41) is 0. The predicted octanol–water partition coefficient (Wildman–Crippen LogP) is -2.67. The average molecular weight is 788 g/mol. The molecule has 0 N–H and O–H groups in total. The van der Waals surface area contributed by atoms with Crippen LogP contribution < -0.4 is 0 Å². The first-order valence-corrected chi connectivity index (χ1v) is 38.2. The van der Waals surface area contributed by atoms with Crippen LogP contribution in [0.3, 0.4) is 0 Å². The Labute approximate surface area is 96.6 Å². The van der Waals surface area contributed by atoms with Gasteiger partial charge in [-0.1, -0.05) is 0 Å². The van der Waals surface area contributed by atoms with E-state index >= 15 is 0 Å². The second-order valence-corrected chi connectivity index (χ2v) is 119. The second kappa shape index (κ2) is 7.70. The molecule has 0 rings (SSSR count). The zero-order chi connectivity index (χ0) is 5.86. The predicted molar refractivity (Wildman–Crippen MR) is 40.3 cm³/mol. The van der Waals surface area contributed by atoms with E-state index in [-0.39, 0.29) is 7.31 Å². The molecule has 7 heteroatoms. The van der Waals surface area contributed by atoms with Gasteiger partial charge in [0, 0.05) is 0 Å². The van der Waals surface area contributed by atoms with Crippen molar-refractivity contribution in [3.63, 3.8) is 0 Å². The summed E-state index contributed by atoms with van der Waals surface area (Å²) in [4.78, 5) is 0. The van der Waals surface area contributed by atoms with Crippen molar-refractivity contribution in [1.29, 1.82) is 0 Å². The van der Waals surface area contributed by atoms with Crippen molar-refractivity contribution < 1.29 is 0 Å². The molecule has 0 aliphatic heterocycles. The fraction of sp³-hybridized carbons (Fsp3) is 0. The Bertz CT molecular complexity index is 135. The van der Waals surface area contributed by atoms with Crippen LogP contribution in [-0.4, -0.2) is 100 Å². The molecule has 0 atom stereocenters. The van der Waals surface area contributed by atoms with Gasteiger partial charge in [-0.25, -0.2) is 0 Å². The third kappa shape index (κ3) is 11.1. The molecule has 0 bridgehead atoms. The Morgan fingerprint density at radius 1 is 0.857 bits per heavy atom. The van der Waals surface area contributed by atoms with Crippen molar-refractivity contribution in [3.05, 3.63) is 0 Å². The van der Waals surface area contributed by atoms with Gasteiger partial charge in [-0.05, 0) is 0 Å². The van der Waals surface area contributed by atoms with Crippen LogP contribution in [0.15, 0.2) is 0 Å². The molecule has 0 aliphatic carbocycles. The summed E-state index contributed by atoms with van der Waals surface area (Å²) in [6, 6.07) is 0. The topological polar surface area (TPSA) is 0 Å². The van der Waals surface area contributed by atoms with Gasteiger partial charge in [0.1, 0.15) is 0 Å². The van der Waals surface area contributed by atoms with Crippen LogP contribution >= 0.6 is 0 Å². The van der Waals surface area contributed by atoms with E-state index in [0.29, 0.717) is 16.0 Å². The second-order valence-electron chi connectivity index (χ2n) is 0.529. The van der Waals surface area contributed by atoms with Gasteiger partial charge in [-0.2, -0.15) is 0 Å². The molecule has 0 spiro atoms. The number of hydrogen-bond donors (Lipinski definition) is 0. The molecule has 0 saturated heterocycles. The average Bonchev–Trinajstić information content (AvgIpc) is 1.27. The molecule has 7 heavy (non-hydrogen) atoms.